The summed E-state index contributed by atoms with van der Waals surface area (Å²) in [5.41, 5.74) is 0.896. The second kappa shape index (κ2) is 8.54. The highest BCUT2D eigenvalue weighted by Gasteiger charge is 2.21. The first kappa shape index (κ1) is 21.3. The van der Waals surface area contributed by atoms with E-state index in [2.05, 4.69) is 0 Å². The number of ether oxygens (including phenoxy) is 2. The van der Waals surface area contributed by atoms with Crippen LogP contribution in [0.2, 0.25) is 0 Å². The summed E-state index contributed by atoms with van der Waals surface area (Å²) in [5, 5.41) is 9.03. The van der Waals surface area contributed by atoms with E-state index in [1.807, 2.05) is 0 Å². The molecule has 0 fully saturated rings. The maximum atomic E-state index is 14.4. The van der Waals surface area contributed by atoms with Crippen molar-refractivity contribution in [2.24, 2.45) is 0 Å². The summed E-state index contributed by atoms with van der Waals surface area (Å²) in [6, 6.07) is 14.3. The Labute approximate surface area is 173 Å². The number of hydrogen-bond donors (Lipinski definition) is 1. The predicted molar refractivity (Wildman–Crippen MR) is 108 cm³/mol. The van der Waals surface area contributed by atoms with Crippen molar-refractivity contribution in [2.75, 3.05) is 14.2 Å². The molecule has 30 heavy (non-hydrogen) atoms. The lowest BCUT2D eigenvalue weighted by Gasteiger charge is -2.11. The standard InChI is InChI=1S/C22H19FO6S/c1-28-16-6-7-20(21(23)13-16)15-4-3-5-18(11-15)30(26,27)19-9-14(10-22(24)25)8-17(12-19)29-2/h3-9,11-13H,10H2,1-2H3,(H,24,25). The third-order valence-electron chi connectivity index (χ3n) is 4.47. The van der Waals surface area contributed by atoms with E-state index in [1.165, 1.54) is 62.8 Å². The molecule has 0 aromatic heterocycles. The normalized spacial score (nSPS) is 11.2. The molecule has 3 rings (SSSR count). The SMILES string of the molecule is COc1cc(CC(=O)O)cc(S(=O)(=O)c2cccc(-c3ccc(OC)cc3F)c2)c1. The van der Waals surface area contributed by atoms with Crippen molar-refractivity contribution in [1.29, 1.82) is 0 Å². The van der Waals surface area contributed by atoms with E-state index in [0.717, 1.165) is 0 Å². The molecule has 1 N–H and O–H groups in total. The van der Waals surface area contributed by atoms with E-state index in [-0.39, 0.29) is 33.1 Å². The average Bonchev–Trinajstić information content (AvgIpc) is 2.72. The average molecular weight is 430 g/mol. The van der Waals surface area contributed by atoms with Crippen LogP contribution in [0.1, 0.15) is 5.56 Å². The molecule has 0 spiro atoms. The highest BCUT2D eigenvalue weighted by Crippen LogP contribution is 2.31. The first-order valence-electron chi connectivity index (χ1n) is 8.83. The molecule has 0 radical (unpaired) electrons. The number of hydrogen-bond acceptors (Lipinski definition) is 5. The molecule has 8 heteroatoms. The molecule has 0 unspecified atom stereocenters. The molecule has 0 aliphatic heterocycles. The molecule has 0 aliphatic rings. The van der Waals surface area contributed by atoms with Gasteiger partial charge in [0.25, 0.3) is 0 Å². The maximum absolute atomic E-state index is 14.4. The Morgan fingerprint density at radius 1 is 0.933 bits per heavy atom. The Bertz CT molecular complexity index is 1200. The first-order valence-corrected chi connectivity index (χ1v) is 10.3. The van der Waals surface area contributed by atoms with Crippen LogP contribution in [0.25, 0.3) is 11.1 Å². The minimum Gasteiger partial charge on any atom is -0.497 e. The first-order chi connectivity index (χ1) is 14.2. The third-order valence-corrected chi connectivity index (χ3v) is 6.20. The molecule has 0 saturated carbocycles. The van der Waals surface area contributed by atoms with Crippen LogP contribution in [-0.2, 0) is 21.1 Å². The lowest BCUT2D eigenvalue weighted by atomic mass is 10.1. The van der Waals surface area contributed by atoms with Crippen molar-refractivity contribution in [3.63, 3.8) is 0 Å². The summed E-state index contributed by atoms with van der Waals surface area (Å²) >= 11 is 0. The third kappa shape index (κ3) is 4.44. The topological polar surface area (TPSA) is 89.9 Å². The summed E-state index contributed by atoms with van der Waals surface area (Å²) in [7, 11) is -1.22. The molecule has 0 amide bonds. The van der Waals surface area contributed by atoms with Gasteiger partial charge in [-0.15, -0.1) is 0 Å². The molecule has 0 saturated heterocycles. The quantitative estimate of drug-likeness (QED) is 0.610. The van der Waals surface area contributed by atoms with Crippen LogP contribution in [0.5, 0.6) is 11.5 Å². The lowest BCUT2D eigenvalue weighted by molar-refractivity contribution is -0.136. The zero-order valence-corrected chi connectivity index (χ0v) is 17.1. The second-order valence-corrected chi connectivity index (χ2v) is 8.41. The largest absolute Gasteiger partial charge is 0.497 e. The molecule has 6 nitrogen and oxygen atoms in total. The minimum atomic E-state index is -4.01. The van der Waals surface area contributed by atoms with Gasteiger partial charge in [-0.2, -0.15) is 0 Å². The maximum Gasteiger partial charge on any atom is 0.307 e. The van der Waals surface area contributed by atoms with Gasteiger partial charge < -0.3 is 14.6 Å². The van der Waals surface area contributed by atoms with Gasteiger partial charge in [0.2, 0.25) is 9.84 Å². The van der Waals surface area contributed by atoms with Crippen LogP contribution in [0.4, 0.5) is 4.39 Å². The van der Waals surface area contributed by atoms with Crippen molar-refractivity contribution in [2.45, 2.75) is 16.2 Å². The zero-order chi connectivity index (χ0) is 21.9. The summed E-state index contributed by atoms with van der Waals surface area (Å²) in [4.78, 5) is 10.9. The lowest BCUT2D eigenvalue weighted by Crippen LogP contribution is -2.06. The van der Waals surface area contributed by atoms with Crippen LogP contribution in [0.3, 0.4) is 0 Å². The molecule has 3 aromatic rings. The predicted octanol–water partition coefficient (Wildman–Crippen LogP) is 3.97. The van der Waals surface area contributed by atoms with Crippen molar-refractivity contribution in [3.8, 4) is 22.6 Å². The van der Waals surface area contributed by atoms with Gasteiger partial charge in [0, 0.05) is 11.6 Å². The van der Waals surface area contributed by atoms with Crippen LogP contribution < -0.4 is 9.47 Å². The number of halogens is 1. The smallest absolute Gasteiger partial charge is 0.307 e. The molecule has 3 aromatic carbocycles. The van der Waals surface area contributed by atoms with Crippen LogP contribution in [0, 0.1) is 5.82 Å². The summed E-state index contributed by atoms with van der Waals surface area (Å²) in [6.45, 7) is 0. The number of carboxylic acid groups (broad SMARTS) is 1. The van der Waals surface area contributed by atoms with E-state index in [9.17, 15) is 17.6 Å². The Balaban J connectivity index is 2.08. The zero-order valence-electron chi connectivity index (χ0n) is 16.3. The van der Waals surface area contributed by atoms with E-state index in [4.69, 9.17) is 14.6 Å². The summed E-state index contributed by atoms with van der Waals surface area (Å²) in [5.74, 6) is -1.07. The fourth-order valence-electron chi connectivity index (χ4n) is 3.00. The van der Waals surface area contributed by atoms with Gasteiger partial charge in [-0.3, -0.25) is 4.79 Å². The highest BCUT2D eigenvalue weighted by atomic mass is 32.2. The minimum absolute atomic E-state index is 0.0512. The number of aliphatic carboxylic acids is 1. The molecule has 0 aliphatic carbocycles. The molecule has 0 heterocycles. The van der Waals surface area contributed by atoms with Gasteiger partial charge in [0.1, 0.15) is 17.3 Å². The fourth-order valence-corrected chi connectivity index (χ4v) is 4.39. The van der Waals surface area contributed by atoms with Crippen molar-refractivity contribution < 1.29 is 32.2 Å². The Morgan fingerprint density at radius 2 is 1.67 bits per heavy atom. The van der Waals surface area contributed by atoms with E-state index in [0.29, 0.717) is 11.3 Å². The molecular formula is C22H19FO6S. The number of sulfone groups is 1. The van der Waals surface area contributed by atoms with Crippen molar-refractivity contribution >= 4 is 15.8 Å². The van der Waals surface area contributed by atoms with Crippen molar-refractivity contribution in [1.82, 2.24) is 0 Å². The van der Waals surface area contributed by atoms with Gasteiger partial charge in [0.15, 0.2) is 0 Å². The number of methoxy groups -OCH3 is 2. The molecule has 0 atom stereocenters. The molecule has 156 valence electrons. The van der Waals surface area contributed by atoms with E-state index < -0.39 is 21.6 Å². The molecular weight excluding hydrogens is 411 g/mol. The van der Waals surface area contributed by atoms with Crippen LogP contribution in [0.15, 0.2) is 70.5 Å². The number of benzene rings is 3. The van der Waals surface area contributed by atoms with Gasteiger partial charge in [-0.05, 0) is 53.6 Å². The van der Waals surface area contributed by atoms with Crippen molar-refractivity contribution in [3.05, 3.63) is 72.0 Å². The Kier molecular flexibility index (Phi) is 6.07. The second-order valence-electron chi connectivity index (χ2n) is 6.46. The number of carbonyl (C=O) groups is 1. The highest BCUT2D eigenvalue weighted by molar-refractivity contribution is 7.91. The van der Waals surface area contributed by atoms with Gasteiger partial charge in [0.05, 0.1) is 30.4 Å². The van der Waals surface area contributed by atoms with Gasteiger partial charge in [-0.25, -0.2) is 12.8 Å². The summed E-state index contributed by atoms with van der Waals surface area (Å²) in [6.07, 6.45) is -0.350. The summed E-state index contributed by atoms with van der Waals surface area (Å²) < 4.78 is 50.9. The molecule has 0 bridgehead atoms. The van der Waals surface area contributed by atoms with Crippen LogP contribution >= 0.6 is 0 Å². The van der Waals surface area contributed by atoms with Gasteiger partial charge in [-0.1, -0.05) is 12.1 Å². The van der Waals surface area contributed by atoms with Crippen LogP contribution in [-0.4, -0.2) is 33.7 Å². The Hall–Kier alpha value is -3.39. The van der Waals surface area contributed by atoms with Gasteiger partial charge >= 0.3 is 5.97 Å². The number of carboxylic acids is 1. The van der Waals surface area contributed by atoms with E-state index in [1.54, 1.807) is 12.1 Å². The Morgan fingerprint density at radius 3 is 2.30 bits per heavy atom. The fraction of sp³-hybridized carbons (Fsp3) is 0.136. The monoisotopic (exact) mass is 430 g/mol. The van der Waals surface area contributed by atoms with E-state index >= 15 is 0 Å². The number of rotatable bonds is 7.